The van der Waals surface area contributed by atoms with Crippen molar-refractivity contribution in [1.29, 1.82) is 0 Å². The van der Waals surface area contributed by atoms with E-state index in [0.29, 0.717) is 17.9 Å². The summed E-state index contributed by atoms with van der Waals surface area (Å²) in [6.45, 7) is 6.16. The van der Waals surface area contributed by atoms with E-state index in [1.165, 1.54) is 0 Å². The zero-order valence-electron chi connectivity index (χ0n) is 8.63. The van der Waals surface area contributed by atoms with Crippen molar-refractivity contribution in [2.24, 2.45) is 11.3 Å². The monoisotopic (exact) mass is 182 g/mol. The topological polar surface area (TPSA) is 32.3 Å². The minimum Gasteiger partial charge on any atom is -0.342 e. The van der Waals surface area contributed by atoms with E-state index in [0.717, 1.165) is 19.5 Å². The quantitative estimate of drug-likeness (QED) is 0.639. The Morgan fingerprint density at radius 2 is 2.15 bits per heavy atom. The molecule has 1 atom stereocenters. The first-order chi connectivity index (χ1) is 6.07. The van der Waals surface area contributed by atoms with E-state index in [1.807, 2.05) is 11.9 Å². The molecule has 2 fully saturated rings. The fraction of sp³-hybridized carbons (Fsp3) is 0.900. The van der Waals surface area contributed by atoms with E-state index >= 15 is 0 Å². The third kappa shape index (κ3) is 1.10. The number of amides is 1. The van der Waals surface area contributed by atoms with Crippen LogP contribution in [0.2, 0.25) is 0 Å². The molecule has 2 aliphatic rings. The third-order valence-corrected chi connectivity index (χ3v) is 3.57. The molecule has 1 amide bonds. The van der Waals surface area contributed by atoms with Gasteiger partial charge in [0.25, 0.3) is 0 Å². The number of likely N-dealkylation sites (tertiary alicyclic amines) is 1. The highest BCUT2D eigenvalue weighted by Crippen LogP contribution is 2.40. The zero-order chi connectivity index (χ0) is 9.64. The summed E-state index contributed by atoms with van der Waals surface area (Å²) in [6.07, 6.45) is 1.05. The van der Waals surface area contributed by atoms with Crippen molar-refractivity contribution in [3.05, 3.63) is 0 Å². The van der Waals surface area contributed by atoms with Gasteiger partial charge in [-0.2, -0.15) is 0 Å². The summed E-state index contributed by atoms with van der Waals surface area (Å²) in [7, 11) is 1.94. The van der Waals surface area contributed by atoms with Crippen LogP contribution in [0.4, 0.5) is 0 Å². The first-order valence-electron chi connectivity index (χ1n) is 5.05. The average molecular weight is 182 g/mol. The average Bonchev–Trinajstić information content (AvgIpc) is 2.25. The normalized spacial score (nSPS) is 31.5. The van der Waals surface area contributed by atoms with Gasteiger partial charge >= 0.3 is 0 Å². The summed E-state index contributed by atoms with van der Waals surface area (Å²) in [5, 5.41) is 3.21. The molecule has 2 rings (SSSR count). The molecular formula is C10H18N2O. The second-order valence-electron chi connectivity index (χ2n) is 4.82. The van der Waals surface area contributed by atoms with E-state index in [-0.39, 0.29) is 5.41 Å². The number of nitrogens with zero attached hydrogens (tertiary/aromatic N) is 1. The first-order valence-corrected chi connectivity index (χ1v) is 5.05. The van der Waals surface area contributed by atoms with Crippen molar-refractivity contribution >= 4 is 5.91 Å². The van der Waals surface area contributed by atoms with Crippen molar-refractivity contribution in [2.75, 3.05) is 20.1 Å². The number of carbonyl (C=O) groups excluding carboxylic acids is 1. The van der Waals surface area contributed by atoms with Crippen molar-refractivity contribution in [3.63, 3.8) is 0 Å². The molecular weight excluding hydrogens is 164 g/mol. The number of nitrogens with one attached hydrogen (secondary N) is 1. The molecule has 2 aliphatic heterocycles. The molecule has 1 unspecified atom stereocenters. The Balaban J connectivity index is 2.17. The minimum absolute atomic E-state index is 0.0241. The lowest BCUT2D eigenvalue weighted by Crippen LogP contribution is -2.57. The van der Waals surface area contributed by atoms with Crippen LogP contribution in [0.5, 0.6) is 0 Å². The molecule has 3 heteroatoms. The lowest BCUT2D eigenvalue weighted by atomic mass is 9.78. The molecule has 0 aromatic rings. The van der Waals surface area contributed by atoms with Crippen LogP contribution in [0, 0.1) is 11.3 Å². The summed E-state index contributed by atoms with van der Waals surface area (Å²) in [5.41, 5.74) is -0.0241. The molecule has 74 valence electrons. The van der Waals surface area contributed by atoms with Crippen molar-refractivity contribution in [1.82, 2.24) is 10.2 Å². The van der Waals surface area contributed by atoms with Gasteiger partial charge in [0.1, 0.15) is 0 Å². The maximum Gasteiger partial charge on any atom is 0.231 e. The Kier molecular flexibility index (Phi) is 1.88. The van der Waals surface area contributed by atoms with Crippen LogP contribution < -0.4 is 5.32 Å². The third-order valence-electron chi connectivity index (χ3n) is 3.57. The standard InChI is InChI=1S/C10H18N2O/c1-7(2)8-4-10(5-11-6-10)9(13)12(8)3/h7-8,11H,4-6H2,1-3H3. The molecule has 0 bridgehead atoms. The smallest absolute Gasteiger partial charge is 0.231 e. The van der Waals surface area contributed by atoms with Crippen LogP contribution in [-0.4, -0.2) is 37.0 Å². The predicted molar refractivity (Wildman–Crippen MR) is 51.3 cm³/mol. The molecule has 0 saturated carbocycles. The molecule has 3 nitrogen and oxygen atoms in total. The predicted octanol–water partition coefficient (Wildman–Crippen LogP) is 0.463. The van der Waals surface area contributed by atoms with E-state index < -0.39 is 0 Å². The van der Waals surface area contributed by atoms with Crippen molar-refractivity contribution < 1.29 is 4.79 Å². The van der Waals surface area contributed by atoms with E-state index in [1.54, 1.807) is 0 Å². The van der Waals surface area contributed by atoms with Crippen LogP contribution in [0.25, 0.3) is 0 Å². The Bertz CT molecular complexity index is 233. The number of hydrogen-bond donors (Lipinski definition) is 1. The summed E-state index contributed by atoms with van der Waals surface area (Å²) >= 11 is 0. The molecule has 1 spiro atoms. The van der Waals surface area contributed by atoms with Crippen LogP contribution >= 0.6 is 0 Å². The van der Waals surface area contributed by atoms with Gasteiger partial charge in [-0.25, -0.2) is 0 Å². The molecule has 2 heterocycles. The summed E-state index contributed by atoms with van der Waals surface area (Å²) in [5.74, 6) is 0.930. The van der Waals surface area contributed by atoms with E-state index in [9.17, 15) is 4.79 Å². The highest BCUT2D eigenvalue weighted by Gasteiger charge is 2.54. The number of rotatable bonds is 1. The summed E-state index contributed by atoms with van der Waals surface area (Å²) in [4.78, 5) is 13.9. The molecule has 0 radical (unpaired) electrons. The van der Waals surface area contributed by atoms with Crippen LogP contribution in [-0.2, 0) is 4.79 Å². The van der Waals surface area contributed by atoms with Gasteiger partial charge in [-0.15, -0.1) is 0 Å². The van der Waals surface area contributed by atoms with Gasteiger partial charge in [-0.3, -0.25) is 4.79 Å². The van der Waals surface area contributed by atoms with Crippen molar-refractivity contribution in [2.45, 2.75) is 26.3 Å². The SMILES string of the molecule is CC(C)C1CC2(CNC2)C(=O)N1C. The molecule has 2 saturated heterocycles. The highest BCUT2D eigenvalue weighted by atomic mass is 16.2. The fourth-order valence-corrected chi connectivity index (χ4v) is 2.55. The molecule has 13 heavy (non-hydrogen) atoms. The zero-order valence-corrected chi connectivity index (χ0v) is 8.63. The lowest BCUT2D eigenvalue weighted by Gasteiger charge is -2.36. The van der Waals surface area contributed by atoms with Gasteiger partial charge in [0.05, 0.1) is 5.41 Å². The van der Waals surface area contributed by atoms with E-state index in [4.69, 9.17) is 0 Å². The second kappa shape index (κ2) is 2.71. The van der Waals surface area contributed by atoms with Gasteiger partial charge in [-0.1, -0.05) is 13.8 Å². The highest BCUT2D eigenvalue weighted by molar-refractivity contribution is 5.86. The van der Waals surface area contributed by atoms with Gasteiger partial charge < -0.3 is 10.2 Å². The number of hydrogen-bond acceptors (Lipinski definition) is 2. The van der Waals surface area contributed by atoms with Crippen LogP contribution in [0.1, 0.15) is 20.3 Å². The fourth-order valence-electron chi connectivity index (χ4n) is 2.55. The van der Waals surface area contributed by atoms with Crippen molar-refractivity contribution in [3.8, 4) is 0 Å². The first kappa shape index (κ1) is 9.00. The molecule has 1 N–H and O–H groups in total. The van der Waals surface area contributed by atoms with Crippen LogP contribution in [0.3, 0.4) is 0 Å². The maximum absolute atomic E-state index is 11.9. The summed E-state index contributed by atoms with van der Waals surface area (Å²) in [6, 6.07) is 0.453. The maximum atomic E-state index is 11.9. The second-order valence-corrected chi connectivity index (χ2v) is 4.82. The van der Waals surface area contributed by atoms with Gasteiger partial charge in [0.2, 0.25) is 5.91 Å². The Morgan fingerprint density at radius 1 is 1.54 bits per heavy atom. The largest absolute Gasteiger partial charge is 0.342 e. The van der Waals surface area contributed by atoms with Crippen LogP contribution in [0.15, 0.2) is 0 Å². The Labute approximate surface area is 79.5 Å². The van der Waals surface area contributed by atoms with Gasteiger partial charge in [0, 0.05) is 26.2 Å². The molecule has 0 aromatic heterocycles. The minimum atomic E-state index is -0.0241. The van der Waals surface area contributed by atoms with E-state index in [2.05, 4.69) is 19.2 Å². The van der Waals surface area contributed by atoms with Gasteiger partial charge in [-0.05, 0) is 12.3 Å². The molecule has 0 aromatic carbocycles. The number of carbonyl (C=O) groups is 1. The lowest BCUT2D eigenvalue weighted by molar-refractivity contribution is -0.138. The Hall–Kier alpha value is -0.570. The molecule has 0 aliphatic carbocycles. The Morgan fingerprint density at radius 3 is 2.38 bits per heavy atom. The van der Waals surface area contributed by atoms with Gasteiger partial charge in [0.15, 0.2) is 0 Å². The summed E-state index contributed by atoms with van der Waals surface area (Å²) < 4.78 is 0.